The molecule has 0 spiro atoms. The summed E-state index contributed by atoms with van der Waals surface area (Å²) in [5.41, 5.74) is 1.25. The Balaban J connectivity index is 1.50. The van der Waals surface area contributed by atoms with Gasteiger partial charge in [0.05, 0.1) is 11.1 Å². The number of rotatable bonds is 6. The normalized spacial score (nSPS) is 16.2. The summed E-state index contributed by atoms with van der Waals surface area (Å²) in [5, 5.41) is 11.4. The minimum atomic E-state index is -1.10. The van der Waals surface area contributed by atoms with E-state index >= 15 is 0 Å². The highest BCUT2D eigenvalue weighted by molar-refractivity contribution is 6.22. The zero-order valence-corrected chi connectivity index (χ0v) is 16.8. The molecule has 2 aromatic rings. The Hall–Kier alpha value is -3.68. The predicted molar refractivity (Wildman–Crippen MR) is 111 cm³/mol. The molecule has 0 saturated heterocycles. The Bertz CT molecular complexity index is 1060. The van der Waals surface area contributed by atoms with E-state index in [9.17, 15) is 19.2 Å². The van der Waals surface area contributed by atoms with Crippen LogP contribution in [0.15, 0.2) is 42.5 Å². The minimum absolute atomic E-state index is 0.0769. The molecule has 2 aliphatic rings. The number of nitrogens with zero attached hydrogens (tertiary/aromatic N) is 1. The highest BCUT2D eigenvalue weighted by atomic mass is 16.5. The fourth-order valence-corrected chi connectivity index (χ4v) is 4.08. The van der Waals surface area contributed by atoms with Gasteiger partial charge in [-0.1, -0.05) is 25.3 Å². The van der Waals surface area contributed by atoms with Crippen molar-refractivity contribution in [2.75, 3.05) is 11.9 Å². The van der Waals surface area contributed by atoms with Gasteiger partial charge in [0.15, 0.2) is 6.61 Å². The largest absolute Gasteiger partial charge is 0.482 e. The summed E-state index contributed by atoms with van der Waals surface area (Å²) in [4.78, 5) is 50.4. The van der Waals surface area contributed by atoms with E-state index in [1.54, 1.807) is 18.2 Å². The van der Waals surface area contributed by atoms with Gasteiger partial charge in [-0.3, -0.25) is 19.3 Å². The quantitative estimate of drug-likeness (QED) is 0.691. The second-order valence-electron chi connectivity index (χ2n) is 7.70. The van der Waals surface area contributed by atoms with E-state index in [1.807, 2.05) is 0 Å². The van der Waals surface area contributed by atoms with Gasteiger partial charge in [0.25, 0.3) is 17.7 Å². The smallest absolute Gasteiger partial charge is 0.341 e. The van der Waals surface area contributed by atoms with Crippen molar-refractivity contribution in [3.05, 3.63) is 59.2 Å². The van der Waals surface area contributed by atoms with Crippen molar-refractivity contribution < 1.29 is 29.0 Å². The van der Waals surface area contributed by atoms with Crippen LogP contribution in [0.25, 0.3) is 0 Å². The highest BCUT2D eigenvalue weighted by Crippen LogP contribution is 2.31. The third kappa shape index (κ3) is 4.28. The van der Waals surface area contributed by atoms with Crippen LogP contribution in [0.1, 0.15) is 63.2 Å². The van der Waals surface area contributed by atoms with Crippen LogP contribution in [0.5, 0.6) is 5.75 Å². The molecule has 1 fully saturated rings. The lowest BCUT2D eigenvalue weighted by Crippen LogP contribution is -2.40. The van der Waals surface area contributed by atoms with Crippen LogP contribution in [-0.2, 0) is 4.79 Å². The van der Waals surface area contributed by atoms with Crippen molar-refractivity contribution >= 4 is 29.4 Å². The molecule has 1 aliphatic carbocycles. The van der Waals surface area contributed by atoms with Crippen molar-refractivity contribution in [2.24, 2.45) is 0 Å². The van der Waals surface area contributed by atoms with E-state index in [0.717, 1.165) is 32.1 Å². The molecule has 0 aromatic heterocycles. The lowest BCUT2D eigenvalue weighted by molar-refractivity contribution is -0.139. The first-order chi connectivity index (χ1) is 14.9. The van der Waals surface area contributed by atoms with Gasteiger partial charge in [0, 0.05) is 23.4 Å². The van der Waals surface area contributed by atoms with Crippen molar-refractivity contribution in [3.63, 3.8) is 0 Å². The Labute approximate surface area is 178 Å². The minimum Gasteiger partial charge on any atom is -0.482 e. The fraction of sp³-hybridized carbons (Fsp3) is 0.304. The van der Waals surface area contributed by atoms with Crippen LogP contribution >= 0.6 is 0 Å². The van der Waals surface area contributed by atoms with Gasteiger partial charge in [-0.25, -0.2) is 4.79 Å². The van der Waals surface area contributed by atoms with Gasteiger partial charge >= 0.3 is 5.97 Å². The predicted octanol–water partition coefficient (Wildman–Crippen LogP) is 3.33. The summed E-state index contributed by atoms with van der Waals surface area (Å²) in [7, 11) is 0. The molecule has 2 N–H and O–H groups in total. The Morgan fingerprint density at radius 3 is 2.48 bits per heavy atom. The molecule has 31 heavy (non-hydrogen) atoms. The van der Waals surface area contributed by atoms with Crippen LogP contribution in [0, 0.1) is 0 Å². The second-order valence-corrected chi connectivity index (χ2v) is 7.70. The molecule has 160 valence electrons. The van der Waals surface area contributed by atoms with E-state index in [0.29, 0.717) is 17.0 Å². The molecule has 8 nitrogen and oxygen atoms in total. The zero-order valence-electron chi connectivity index (χ0n) is 16.8. The number of aliphatic carboxylic acids is 1. The molecule has 2 aromatic carbocycles. The average molecular weight is 422 g/mol. The number of ether oxygens (including phenoxy) is 1. The summed E-state index contributed by atoms with van der Waals surface area (Å²) in [5.74, 6) is -1.88. The van der Waals surface area contributed by atoms with Crippen molar-refractivity contribution in [3.8, 4) is 5.75 Å². The first-order valence-corrected chi connectivity index (χ1v) is 10.2. The Morgan fingerprint density at radius 2 is 1.74 bits per heavy atom. The van der Waals surface area contributed by atoms with E-state index in [-0.39, 0.29) is 29.0 Å². The SMILES string of the molecule is O=C(O)COc1cccc(NC(=O)c2ccc3c(c2)C(=O)N(C2CCCCC2)C3=O)c1. The maximum Gasteiger partial charge on any atom is 0.341 e. The van der Waals surface area contributed by atoms with Crippen molar-refractivity contribution in [1.29, 1.82) is 0 Å². The van der Waals surface area contributed by atoms with E-state index in [2.05, 4.69) is 5.32 Å². The summed E-state index contributed by atoms with van der Waals surface area (Å²) in [6.45, 7) is -0.490. The number of carbonyl (C=O) groups excluding carboxylic acids is 3. The van der Waals surface area contributed by atoms with E-state index in [1.165, 1.54) is 29.2 Å². The van der Waals surface area contributed by atoms with E-state index < -0.39 is 18.5 Å². The van der Waals surface area contributed by atoms with Gasteiger partial charge < -0.3 is 15.2 Å². The maximum atomic E-state index is 12.9. The lowest BCUT2D eigenvalue weighted by atomic mass is 9.94. The standard InChI is InChI=1S/C23H22N2O6/c26-20(27)13-31-17-8-4-5-15(12-17)24-21(28)14-9-10-18-19(11-14)23(30)25(22(18)29)16-6-2-1-3-7-16/h4-5,8-12,16H,1-3,6-7,13H2,(H,24,28)(H,26,27). The number of anilines is 1. The number of nitrogens with one attached hydrogen (secondary N) is 1. The third-order valence-corrected chi connectivity index (χ3v) is 5.57. The number of benzene rings is 2. The number of hydrogen-bond donors (Lipinski definition) is 2. The lowest BCUT2D eigenvalue weighted by Gasteiger charge is -2.29. The summed E-state index contributed by atoms with van der Waals surface area (Å²) >= 11 is 0. The highest BCUT2D eigenvalue weighted by Gasteiger charge is 2.40. The molecule has 0 radical (unpaired) electrons. The number of imide groups is 1. The number of fused-ring (bicyclic) bond motifs is 1. The summed E-state index contributed by atoms with van der Waals surface area (Å²) < 4.78 is 5.11. The van der Waals surface area contributed by atoms with Gasteiger partial charge in [-0.2, -0.15) is 0 Å². The number of carbonyl (C=O) groups is 4. The van der Waals surface area contributed by atoms with Crippen LogP contribution in [0.3, 0.4) is 0 Å². The molecule has 0 unspecified atom stereocenters. The van der Waals surface area contributed by atoms with Crippen LogP contribution < -0.4 is 10.1 Å². The third-order valence-electron chi connectivity index (χ3n) is 5.57. The first kappa shape index (κ1) is 20.6. The molecular weight excluding hydrogens is 400 g/mol. The average Bonchev–Trinajstić information content (AvgIpc) is 3.02. The molecule has 4 rings (SSSR count). The van der Waals surface area contributed by atoms with Crippen LogP contribution in [0.4, 0.5) is 5.69 Å². The van der Waals surface area contributed by atoms with Gasteiger partial charge in [-0.05, 0) is 43.2 Å². The van der Waals surface area contributed by atoms with Gasteiger partial charge in [0.1, 0.15) is 5.75 Å². The van der Waals surface area contributed by atoms with Crippen LogP contribution in [-0.4, -0.2) is 46.3 Å². The zero-order chi connectivity index (χ0) is 22.0. The van der Waals surface area contributed by atoms with Gasteiger partial charge in [0.2, 0.25) is 0 Å². The monoisotopic (exact) mass is 422 g/mol. The molecule has 1 aliphatic heterocycles. The van der Waals surface area contributed by atoms with Crippen molar-refractivity contribution in [1.82, 2.24) is 4.90 Å². The molecule has 1 saturated carbocycles. The summed E-state index contributed by atoms with van der Waals surface area (Å²) in [6.07, 6.45) is 4.76. The Kier molecular flexibility index (Phi) is 5.70. The van der Waals surface area contributed by atoms with E-state index in [4.69, 9.17) is 9.84 Å². The number of carboxylic acids is 1. The molecule has 0 bridgehead atoms. The molecule has 0 atom stereocenters. The first-order valence-electron chi connectivity index (χ1n) is 10.2. The molecule has 8 heteroatoms. The second kappa shape index (κ2) is 8.59. The van der Waals surface area contributed by atoms with Crippen LogP contribution in [0.2, 0.25) is 0 Å². The fourth-order valence-electron chi connectivity index (χ4n) is 4.08. The summed E-state index contributed by atoms with van der Waals surface area (Å²) in [6, 6.07) is 10.8. The Morgan fingerprint density at radius 1 is 1.00 bits per heavy atom. The molecule has 3 amide bonds. The van der Waals surface area contributed by atoms with Crippen molar-refractivity contribution in [2.45, 2.75) is 38.1 Å². The number of hydrogen-bond acceptors (Lipinski definition) is 5. The maximum absolute atomic E-state index is 12.9. The number of amides is 3. The van der Waals surface area contributed by atoms with Gasteiger partial charge in [-0.15, -0.1) is 0 Å². The molecule has 1 heterocycles. The topological polar surface area (TPSA) is 113 Å². The number of carboxylic acid groups (broad SMARTS) is 1. The molecular formula is C23H22N2O6.